The minimum absolute atomic E-state index is 0.221. The largest absolute Gasteiger partial charge is 0.497 e. The summed E-state index contributed by atoms with van der Waals surface area (Å²) in [4.78, 5) is 14.3. The van der Waals surface area contributed by atoms with Gasteiger partial charge in [-0.1, -0.05) is 6.92 Å². The van der Waals surface area contributed by atoms with E-state index in [4.69, 9.17) is 4.74 Å². The Morgan fingerprint density at radius 1 is 1.39 bits per heavy atom. The van der Waals surface area contributed by atoms with Crippen LogP contribution in [0.5, 0.6) is 5.75 Å². The number of ether oxygens (including phenoxy) is 1. The number of carbonyl (C=O) groups excluding carboxylic acids is 1. The van der Waals surface area contributed by atoms with Crippen LogP contribution in [0.4, 0.5) is 9.18 Å². The molecule has 0 bridgehead atoms. The molecule has 5 nitrogen and oxygen atoms in total. The van der Waals surface area contributed by atoms with Crippen molar-refractivity contribution in [1.29, 1.82) is 0 Å². The van der Waals surface area contributed by atoms with Crippen molar-refractivity contribution in [3.63, 3.8) is 0 Å². The fraction of sp³-hybridized carbons (Fsp3) is 0.588. The molecule has 1 aromatic carbocycles. The molecule has 1 aromatic rings. The maximum Gasteiger partial charge on any atom is 0.315 e. The molecule has 1 aliphatic rings. The first-order chi connectivity index (χ1) is 11.1. The number of hydrogen-bond acceptors (Lipinski definition) is 3. The van der Waals surface area contributed by atoms with Crippen LogP contribution in [-0.2, 0) is 6.54 Å². The number of rotatable bonds is 6. The highest BCUT2D eigenvalue weighted by atomic mass is 19.1. The molecule has 0 spiro atoms. The SMILES string of the molecule is CCN1CCC[C@@H](CNC(=O)NCc2cc(F)cc(OC)c2)C1. The molecule has 128 valence electrons. The smallest absolute Gasteiger partial charge is 0.315 e. The Kier molecular flexibility index (Phi) is 6.65. The molecule has 0 aromatic heterocycles. The van der Waals surface area contributed by atoms with Crippen molar-refractivity contribution in [2.24, 2.45) is 5.92 Å². The quantitative estimate of drug-likeness (QED) is 0.845. The number of hydrogen-bond donors (Lipinski definition) is 2. The van der Waals surface area contributed by atoms with Gasteiger partial charge in [-0.3, -0.25) is 0 Å². The van der Waals surface area contributed by atoms with Gasteiger partial charge in [0.15, 0.2) is 0 Å². The van der Waals surface area contributed by atoms with E-state index >= 15 is 0 Å². The first kappa shape index (κ1) is 17.5. The van der Waals surface area contributed by atoms with Crippen molar-refractivity contribution in [3.8, 4) is 5.75 Å². The molecular formula is C17H26FN3O2. The number of carbonyl (C=O) groups is 1. The minimum atomic E-state index is -0.372. The molecule has 1 atom stereocenters. The normalized spacial score (nSPS) is 18.5. The number of likely N-dealkylation sites (tertiary alicyclic amines) is 1. The second-order valence-electron chi connectivity index (χ2n) is 5.96. The van der Waals surface area contributed by atoms with Gasteiger partial charge in [0, 0.05) is 25.7 Å². The molecule has 2 N–H and O–H groups in total. The number of nitrogens with zero attached hydrogens (tertiary/aromatic N) is 1. The van der Waals surface area contributed by atoms with Crippen LogP contribution in [0, 0.1) is 11.7 Å². The molecule has 0 radical (unpaired) electrons. The number of piperidine rings is 1. The summed E-state index contributed by atoms with van der Waals surface area (Å²) in [6, 6.07) is 4.19. The lowest BCUT2D eigenvalue weighted by Gasteiger charge is -2.31. The number of urea groups is 1. The van der Waals surface area contributed by atoms with Gasteiger partial charge in [0.25, 0.3) is 0 Å². The molecule has 0 unspecified atom stereocenters. The van der Waals surface area contributed by atoms with Crippen LogP contribution >= 0.6 is 0 Å². The van der Waals surface area contributed by atoms with E-state index in [0.717, 1.165) is 26.1 Å². The number of benzene rings is 1. The topological polar surface area (TPSA) is 53.6 Å². The first-order valence-corrected chi connectivity index (χ1v) is 8.18. The molecule has 1 saturated heterocycles. The van der Waals surface area contributed by atoms with Crippen molar-refractivity contribution in [2.75, 3.05) is 33.3 Å². The molecule has 6 heteroatoms. The molecule has 2 rings (SSSR count). The summed E-state index contributed by atoms with van der Waals surface area (Å²) in [5, 5.41) is 5.67. The summed E-state index contributed by atoms with van der Waals surface area (Å²) < 4.78 is 18.4. The Balaban J connectivity index is 1.74. The van der Waals surface area contributed by atoms with Gasteiger partial charge in [0.2, 0.25) is 0 Å². The maximum atomic E-state index is 13.4. The third kappa shape index (κ3) is 5.71. The van der Waals surface area contributed by atoms with Gasteiger partial charge >= 0.3 is 6.03 Å². The average molecular weight is 323 g/mol. The van der Waals surface area contributed by atoms with E-state index in [2.05, 4.69) is 22.5 Å². The van der Waals surface area contributed by atoms with Crippen molar-refractivity contribution < 1.29 is 13.9 Å². The number of amides is 2. The van der Waals surface area contributed by atoms with Crippen LogP contribution in [0.1, 0.15) is 25.3 Å². The third-order valence-electron chi connectivity index (χ3n) is 4.22. The zero-order valence-electron chi connectivity index (χ0n) is 13.9. The van der Waals surface area contributed by atoms with E-state index in [1.807, 2.05) is 0 Å². The number of nitrogens with one attached hydrogen (secondary N) is 2. The van der Waals surface area contributed by atoms with Crippen molar-refractivity contribution >= 4 is 6.03 Å². The van der Waals surface area contributed by atoms with Crippen LogP contribution in [0.3, 0.4) is 0 Å². The minimum Gasteiger partial charge on any atom is -0.497 e. The zero-order valence-corrected chi connectivity index (χ0v) is 13.9. The number of methoxy groups -OCH3 is 1. The van der Waals surface area contributed by atoms with E-state index in [1.54, 1.807) is 6.07 Å². The summed E-state index contributed by atoms with van der Waals surface area (Å²) in [6.45, 7) is 6.36. The summed E-state index contributed by atoms with van der Waals surface area (Å²) in [5.74, 6) is 0.580. The van der Waals surface area contributed by atoms with E-state index < -0.39 is 0 Å². The highest BCUT2D eigenvalue weighted by Gasteiger charge is 2.19. The van der Waals surface area contributed by atoms with Crippen LogP contribution in [-0.4, -0.2) is 44.2 Å². The molecule has 1 aliphatic heterocycles. The van der Waals surface area contributed by atoms with Crippen molar-refractivity contribution in [1.82, 2.24) is 15.5 Å². The molecule has 1 heterocycles. The average Bonchev–Trinajstić information content (AvgIpc) is 2.57. The lowest BCUT2D eigenvalue weighted by Crippen LogP contribution is -2.43. The molecule has 2 amide bonds. The molecule has 0 saturated carbocycles. The Labute approximate surface area is 137 Å². The molecular weight excluding hydrogens is 297 g/mol. The fourth-order valence-electron chi connectivity index (χ4n) is 2.93. The Hall–Kier alpha value is -1.82. The lowest BCUT2D eigenvalue weighted by molar-refractivity contribution is 0.179. The third-order valence-corrected chi connectivity index (χ3v) is 4.22. The van der Waals surface area contributed by atoms with Crippen LogP contribution in [0.15, 0.2) is 18.2 Å². The van der Waals surface area contributed by atoms with Gasteiger partial charge in [0.1, 0.15) is 11.6 Å². The summed E-state index contributed by atoms with van der Waals surface area (Å²) >= 11 is 0. The van der Waals surface area contributed by atoms with E-state index in [-0.39, 0.29) is 18.4 Å². The summed E-state index contributed by atoms with van der Waals surface area (Å²) in [6.07, 6.45) is 2.34. The van der Waals surface area contributed by atoms with Gasteiger partial charge in [-0.05, 0) is 49.5 Å². The van der Waals surface area contributed by atoms with Gasteiger partial charge < -0.3 is 20.3 Å². The van der Waals surface area contributed by atoms with Gasteiger partial charge in [0.05, 0.1) is 7.11 Å². The Morgan fingerprint density at radius 3 is 2.96 bits per heavy atom. The fourth-order valence-corrected chi connectivity index (χ4v) is 2.93. The first-order valence-electron chi connectivity index (χ1n) is 8.18. The molecule has 0 aliphatic carbocycles. The predicted octanol–water partition coefficient (Wildman–Crippen LogP) is 2.37. The second-order valence-corrected chi connectivity index (χ2v) is 5.96. The lowest BCUT2D eigenvalue weighted by atomic mass is 9.98. The molecule has 1 fully saturated rings. The Morgan fingerprint density at radius 2 is 2.22 bits per heavy atom. The zero-order chi connectivity index (χ0) is 16.7. The maximum absolute atomic E-state index is 13.4. The van der Waals surface area contributed by atoms with Gasteiger partial charge in [-0.15, -0.1) is 0 Å². The summed E-state index contributed by atoms with van der Waals surface area (Å²) in [5.41, 5.74) is 0.673. The summed E-state index contributed by atoms with van der Waals surface area (Å²) in [7, 11) is 1.49. The second kappa shape index (κ2) is 8.72. The molecule has 23 heavy (non-hydrogen) atoms. The highest BCUT2D eigenvalue weighted by molar-refractivity contribution is 5.73. The van der Waals surface area contributed by atoms with Crippen LogP contribution in [0.25, 0.3) is 0 Å². The number of halogens is 1. The van der Waals surface area contributed by atoms with Crippen molar-refractivity contribution in [3.05, 3.63) is 29.6 Å². The van der Waals surface area contributed by atoms with Crippen LogP contribution in [0.2, 0.25) is 0 Å². The standard InChI is InChI=1S/C17H26FN3O2/c1-3-21-6-4-5-13(12-21)10-19-17(22)20-11-14-7-15(18)9-16(8-14)23-2/h7-9,13H,3-6,10-12H2,1-2H3,(H2,19,20,22)/t13-/m0/s1. The van der Waals surface area contributed by atoms with E-state index in [1.165, 1.54) is 25.7 Å². The van der Waals surface area contributed by atoms with Crippen molar-refractivity contribution in [2.45, 2.75) is 26.3 Å². The van der Waals surface area contributed by atoms with E-state index in [0.29, 0.717) is 23.8 Å². The van der Waals surface area contributed by atoms with Gasteiger partial charge in [-0.2, -0.15) is 0 Å². The van der Waals surface area contributed by atoms with E-state index in [9.17, 15) is 9.18 Å². The highest BCUT2D eigenvalue weighted by Crippen LogP contribution is 2.16. The Bertz CT molecular complexity index is 525. The van der Waals surface area contributed by atoms with Gasteiger partial charge in [-0.25, -0.2) is 9.18 Å². The van der Waals surface area contributed by atoms with Crippen LogP contribution < -0.4 is 15.4 Å². The monoisotopic (exact) mass is 323 g/mol. The predicted molar refractivity (Wildman–Crippen MR) is 88.0 cm³/mol.